The molecule has 2 aromatic rings. The summed E-state index contributed by atoms with van der Waals surface area (Å²) in [6.45, 7) is 7.86. The molecular weight excluding hydrogens is 326 g/mol. The Kier molecular flexibility index (Phi) is 6.09. The highest BCUT2D eigenvalue weighted by Crippen LogP contribution is 2.23. The Morgan fingerprint density at radius 3 is 2.81 bits per heavy atom. The fraction of sp³-hybridized carbons (Fsp3) is 0.526. The normalized spacial score (nSPS) is 16.0. The molecule has 0 radical (unpaired) electrons. The molecule has 0 aliphatic carbocycles. The van der Waals surface area contributed by atoms with Crippen LogP contribution >= 0.6 is 0 Å². The summed E-state index contributed by atoms with van der Waals surface area (Å²) >= 11 is 0. The van der Waals surface area contributed by atoms with Gasteiger partial charge in [-0.2, -0.15) is 5.10 Å². The van der Waals surface area contributed by atoms with Gasteiger partial charge in [-0.3, -0.25) is 4.68 Å². The van der Waals surface area contributed by atoms with Crippen LogP contribution in [0.15, 0.2) is 35.6 Å². The van der Waals surface area contributed by atoms with Crippen LogP contribution in [0.1, 0.15) is 44.1 Å². The van der Waals surface area contributed by atoms with Gasteiger partial charge in [-0.1, -0.05) is 12.1 Å². The Labute approximate surface area is 155 Å². The van der Waals surface area contributed by atoms with Crippen LogP contribution in [0.5, 0.6) is 0 Å². The molecule has 1 fully saturated rings. The molecule has 1 aromatic carbocycles. The van der Waals surface area contributed by atoms with Gasteiger partial charge in [0.15, 0.2) is 5.96 Å². The van der Waals surface area contributed by atoms with E-state index in [4.69, 9.17) is 0 Å². The first kappa shape index (κ1) is 18.2. The number of benzene rings is 1. The van der Waals surface area contributed by atoms with Crippen molar-refractivity contribution in [3.63, 3.8) is 0 Å². The van der Waals surface area contributed by atoms with Gasteiger partial charge in [-0.05, 0) is 44.4 Å². The van der Waals surface area contributed by atoms with Gasteiger partial charge < -0.3 is 15.5 Å². The Morgan fingerprint density at radius 1 is 1.31 bits per heavy atom. The SMILES string of the molecule is CCNC(=NCc1ncnn1C)NC(C)c1cccc(N2CCCC2)c1. The van der Waals surface area contributed by atoms with Gasteiger partial charge in [-0.25, -0.2) is 9.98 Å². The number of nitrogens with zero attached hydrogens (tertiary/aromatic N) is 5. The maximum absolute atomic E-state index is 4.64. The summed E-state index contributed by atoms with van der Waals surface area (Å²) in [5, 5.41) is 10.9. The van der Waals surface area contributed by atoms with E-state index in [-0.39, 0.29) is 6.04 Å². The van der Waals surface area contributed by atoms with Crippen LogP contribution in [0, 0.1) is 0 Å². The molecule has 1 aliphatic rings. The second-order valence-corrected chi connectivity index (χ2v) is 6.65. The van der Waals surface area contributed by atoms with Crippen LogP contribution in [0.3, 0.4) is 0 Å². The van der Waals surface area contributed by atoms with E-state index in [2.05, 4.69) is 68.7 Å². The second kappa shape index (κ2) is 8.69. The number of aryl methyl sites for hydroxylation is 1. The zero-order valence-corrected chi connectivity index (χ0v) is 15.9. The molecule has 1 atom stereocenters. The predicted octanol–water partition coefficient (Wildman–Crippen LogP) is 2.23. The van der Waals surface area contributed by atoms with Crippen molar-refractivity contribution in [2.75, 3.05) is 24.5 Å². The molecule has 140 valence electrons. The molecule has 2 heterocycles. The van der Waals surface area contributed by atoms with Gasteiger partial charge in [0, 0.05) is 32.4 Å². The molecule has 1 unspecified atom stereocenters. The lowest BCUT2D eigenvalue weighted by atomic mass is 10.1. The predicted molar refractivity (Wildman–Crippen MR) is 105 cm³/mol. The van der Waals surface area contributed by atoms with E-state index >= 15 is 0 Å². The van der Waals surface area contributed by atoms with Crippen molar-refractivity contribution in [2.24, 2.45) is 12.0 Å². The lowest BCUT2D eigenvalue weighted by Gasteiger charge is -2.22. The quantitative estimate of drug-likeness (QED) is 0.614. The number of aromatic nitrogens is 3. The van der Waals surface area contributed by atoms with E-state index in [1.54, 1.807) is 11.0 Å². The largest absolute Gasteiger partial charge is 0.372 e. The number of rotatable bonds is 6. The van der Waals surface area contributed by atoms with Crippen molar-refractivity contribution in [3.8, 4) is 0 Å². The van der Waals surface area contributed by atoms with Gasteiger partial charge in [0.2, 0.25) is 0 Å². The van der Waals surface area contributed by atoms with Gasteiger partial charge in [0.1, 0.15) is 18.7 Å². The van der Waals surface area contributed by atoms with Crippen LogP contribution in [0.25, 0.3) is 0 Å². The Bertz CT molecular complexity index is 731. The summed E-state index contributed by atoms with van der Waals surface area (Å²) in [5.41, 5.74) is 2.58. The molecule has 0 amide bonds. The van der Waals surface area contributed by atoms with Gasteiger partial charge >= 0.3 is 0 Å². The van der Waals surface area contributed by atoms with E-state index in [1.807, 2.05) is 7.05 Å². The average molecular weight is 355 g/mol. The minimum Gasteiger partial charge on any atom is -0.372 e. The molecule has 3 rings (SSSR count). The fourth-order valence-electron chi connectivity index (χ4n) is 3.19. The third-order valence-corrected chi connectivity index (χ3v) is 4.72. The van der Waals surface area contributed by atoms with E-state index in [9.17, 15) is 0 Å². The van der Waals surface area contributed by atoms with Crippen molar-refractivity contribution >= 4 is 11.6 Å². The van der Waals surface area contributed by atoms with Gasteiger partial charge in [-0.15, -0.1) is 0 Å². The van der Waals surface area contributed by atoms with Crippen molar-refractivity contribution in [1.82, 2.24) is 25.4 Å². The summed E-state index contributed by atoms with van der Waals surface area (Å²) in [5.74, 6) is 1.63. The first-order valence-electron chi connectivity index (χ1n) is 9.40. The lowest BCUT2D eigenvalue weighted by Crippen LogP contribution is -2.38. The van der Waals surface area contributed by atoms with Crippen LogP contribution in [0.2, 0.25) is 0 Å². The number of hydrogen-bond acceptors (Lipinski definition) is 4. The van der Waals surface area contributed by atoms with Crippen molar-refractivity contribution in [3.05, 3.63) is 42.0 Å². The number of nitrogens with one attached hydrogen (secondary N) is 2. The van der Waals surface area contributed by atoms with Crippen molar-refractivity contribution < 1.29 is 0 Å². The molecular formula is C19H29N7. The first-order valence-corrected chi connectivity index (χ1v) is 9.40. The van der Waals surface area contributed by atoms with E-state index in [0.29, 0.717) is 6.54 Å². The summed E-state index contributed by atoms with van der Waals surface area (Å²) in [6.07, 6.45) is 4.13. The van der Waals surface area contributed by atoms with Gasteiger partial charge in [0.05, 0.1) is 6.04 Å². The highest BCUT2D eigenvalue weighted by atomic mass is 15.3. The molecule has 1 saturated heterocycles. The Balaban J connectivity index is 1.68. The summed E-state index contributed by atoms with van der Waals surface area (Å²) < 4.78 is 1.75. The maximum atomic E-state index is 4.64. The average Bonchev–Trinajstić information content (AvgIpc) is 3.32. The van der Waals surface area contributed by atoms with E-state index in [1.165, 1.54) is 24.1 Å². The highest BCUT2D eigenvalue weighted by molar-refractivity contribution is 5.80. The second-order valence-electron chi connectivity index (χ2n) is 6.65. The zero-order valence-electron chi connectivity index (χ0n) is 15.9. The monoisotopic (exact) mass is 355 g/mol. The standard InChI is InChI=1S/C19H29N7/c1-4-20-19(21-13-18-22-14-23-25(18)3)24-15(2)16-8-7-9-17(12-16)26-10-5-6-11-26/h7-9,12,14-15H,4-6,10-11,13H2,1-3H3,(H2,20,21,24). The molecule has 1 aromatic heterocycles. The number of aliphatic imine (C=N–C) groups is 1. The first-order chi connectivity index (χ1) is 12.7. The van der Waals surface area contributed by atoms with Crippen molar-refractivity contribution in [2.45, 2.75) is 39.3 Å². The molecule has 0 spiro atoms. The van der Waals surface area contributed by atoms with Gasteiger partial charge in [0.25, 0.3) is 0 Å². The third-order valence-electron chi connectivity index (χ3n) is 4.72. The Hall–Kier alpha value is -2.57. The highest BCUT2D eigenvalue weighted by Gasteiger charge is 2.14. The molecule has 7 heteroatoms. The van der Waals surface area contributed by atoms with Crippen LogP contribution in [-0.4, -0.2) is 40.4 Å². The summed E-state index contributed by atoms with van der Waals surface area (Å²) in [7, 11) is 1.88. The third kappa shape index (κ3) is 4.53. The minimum atomic E-state index is 0.162. The molecule has 2 N–H and O–H groups in total. The molecule has 26 heavy (non-hydrogen) atoms. The maximum Gasteiger partial charge on any atom is 0.192 e. The van der Waals surface area contributed by atoms with Crippen LogP contribution < -0.4 is 15.5 Å². The summed E-state index contributed by atoms with van der Waals surface area (Å²) in [6, 6.07) is 8.97. The number of guanidine groups is 1. The lowest BCUT2D eigenvalue weighted by molar-refractivity contribution is 0.672. The van der Waals surface area contributed by atoms with E-state index < -0.39 is 0 Å². The molecule has 0 bridgehead atoms. The van der Waals surface area contributed by atoms with Crippen LogP contribution in [0.4, 0.5) is 5.69 Å². The van der Waals surface area contributed by atoms with Crippen molar-refractivity contribution in [1.29, 1.82) is 0 Å². The number of anilines is 1. The minimum absolute atomic E-state index is 0.162. The molecule has 1 aliphatic heterocycles. The topological polar surface area (TPSA) is 70.4 Å². The molecule has 0 saturated carbocycles. The zero-order chi connectivity index (χ0) is 18.4. The van der Waals surface area contributed by atoms with E-state index in [0.717, 1.165) is 31.4 Å². The Morgan fingerprint density at radius 2 is 2.12 bits per heavy atom. The number of hydrogen-bond donors (Lipinski definition) is 2. The molecule has 7 nitrogen and oxygen atoms in total. The van der Waals surface area contributed by atoms with Crippen LogP contribution in [-0.2, 0) is 13.6 Å². The summed E-state index contributed by atoms with van der Waals surface area (Å²) in [4.78, 5) is 11.3. The smallest absolute Gasteiger partial charge is 0.192 e. The fourth-order valence-corrected chi connectivity index (χ4v) is 3.19.